The summed E-state index contributed by atoms with van der Waals surface area (Å²) in [5.41, 5.74) is 1.32. The van der Waals surface area contributed by atoms with Gasteiger partial charge in [-0.1, -0.05) is 0 Å². The van der Waals surface area contributed by atoms with Gasteiger partial charge in [-0.3, -0.25) is 0 Å². The second kappa shape index (κ2) is 4.69. The van der Waals surface area contributed by atoms with Crippen LogP contribution >= 0.6 is 0 Å². The standard InChI is InChI=1S/C13H17NO2/c1-2-16-13(15)12(8-14)11-6-9-3-4-10(5-9)7-11/h9-10H,2-7H2,1H3. The van der Waals surface area contributed by atoms with Crippen molar-refractivity contribution in [1.82, 2.24) is 0 Å². The van der Waals surface area contributed by atoms with Crippen molar-refractivity contribution in [2.75, 3.05) is 6.61 Å². The molecule has 0 amide bonds. The van der Waals surface area contributed by atoms with Gasteiger partial charge in [-0.25, -0.2) is 4.79 Å². The molecule has 0 saturated heterocycles. The van der Waals surface area contributed by atoms with Gasteiger partial charge in [-0.05, 0) is 56.4 Å². The molecule has 0 N–H and O–H groups in total. The molecule has 0 aromatic heterocycles. The van der Waals surface area contributed by atoms with Gasteiger partial charge in [0, 0.05) is 0 Å². The molecule has 3 nitrogen and oxygen atoms in total. The fraction of sp³-hybridized carbons (Fsp3) is 0.692. The van der Waals surface area contributed by atoms with Gasteiger partial charge in [-0.15, -0.1) is 0 Å². The molecule has 2 aliphatic carbocycles. The molecule has 0 radical (unpaired) electrons. The second-order valence-corrected chi connectivity index (χ2v) is 4.76. The van der Waals surface area contributed by atoms with Crippen LogP contribution in [0.2, 0.25) is 0 Å². The van der Waals surface area contributed by atoms with E-state index in [4.69, 9.17) is 10.00 Å². The Labute approximate surface area is 96.1 Å². The number of esters is 1. The minimum atomic E-state index is -0.429. The molecule has 2 aliphatic rings. The summed E-state index contributed by atoms with van der Waals surface area (Å²) >= 11 is 0. The topological polar surface area (TPSA) is 50.1 Å². The predicted molar refractivity (Wildman–Crippen MR) is 59.3 cm³/mol. The van der Waals surface area contributed by atoms with Crippen LogP contribution in [0.25, 0.3) is 0 Å². The quantitative estimate of drug-likeness (QED) is 0.407. The van der Waals surface area contributed by atoms with Crippen molar-refractivity contribution in [2.45, 2.75) is 39.0 Å². The van der Waals surface area contributed by atoms with E-state index in [9.17, 15) is 4.79 Å². The molecular weight excluding hydrogens is 202 g/mol. The molecule has 2 unspecified atom stereocenters. The first-order valence-corrected chi connectivity index (χ1v) is 6.03. The van der Waals surface area contributed by atoms with Gasteiger partial charge in [0.1, 0.15) is 11.6 Å². The number of carbonyl (C=O) groups is 1. The van der Waals surface area contributed by atoms with E-state index in [1.165, 1.54) is 19.3 Å². The van der Waals surface area contributed by atoms with Crippen molar-refractivity contribution >= 4 is 5.97 Å². The Morgan fingerprint density at radius 3 is 2.56 bits per heavy atom. The molecule has 0 spiro atoms. The first kappa shape index (κ1) is 11.2. The van der Waals surface area contributed by atoms with Crippen molar-refractivity contribution in [2.24, 2.45) is 11.8 Å². The van der Waals surface area contributed by atoms with E-state index < -0.39 is 5.97 Å². The summed E-state index contributed by atoms with van der Waals surface area (Å²) < 4.78 is 4.92. The van der Waals surface area contributed by atoms with E-state index in [2.05, 4.69) is 0 Å². The van der Waals surface area contributed by atoms with Crippen molar-refractivity contribution in [3.8, 4) is 6.07 Å². The Bertz CT molecular complexity index is 351. The number of ether oxygens (including phenoxy) is 1. The molecule has 16 heavy (non-hydrogen) atoms. The van der Waals surface area contributed by atoms with Crippen LogP contribution in [0, 0.1) is 23.2 Å². The van der Waals surface area contributed by atoms with Gasteiger partial charge in [0.2, 0.25) is 0 Å². The van der Waals surface area contributed by atoms with E-state index in [1.807, 2.05) is 6.07 Å². The second-order valence-electron chi connectivity index (χ2n) is 4.76. The Hall–Kier alpha value is -1.30. The maximum Gasteiger partial charge on any atom is 0.348 e. The van der Waals surface area contributed by atoms with Gasteiger partial charge < -0.3 is 4.74 Å². The summed E-state index contributed by atoms with van der Waals surface area (Å²) in [5.74, 6) is 0.972. The van der Waals surface area contributed by atoms with Crippen LogP contribution in [0.15, 0.2) is 11.1 Å². The van der Waals surface area contributed by atoms with Gasteiger partial charge in [-0.2, -0.15) is 5.26 Å². The summed E-state index contributed by atoms with van der Waals surface area (Å²) in [4.78, 5) is 11.6. The Kier molecular flexibility index (Phi) is 3.28. The number of fused-ring (bicyclic) bond motifs is 2. The molecule has 0 aromatic rings. The SMILES string of the molecule is CCOC(=O)C(C#N)=C1CC2CCC(C1)C2. The van der Waals surface area contributed by atoms with E-state index in [0.29, 0.717) is 18.4 Å². The summed E-state index contributed by atoms with van der Waals surface area (Å²) in [6, 6.07) is 2.03. The Balaban J connectivity index is 2.18. The molecule has 0 heterocycles. The Morgan fingerprint density at radius 2 is 2.06 bits per heavy atom. The van der Waals surface area contributed by atoms with Crippen LogP contribution in [-0.2, 0) is 9.53 Å². The zero-order valence-electron chi connectivity index (χ0n) is 9.66. The average molecular weight is 219 g/mol. The molecule has 2 atom stereocenters. The number of rotatable bonds is 2. The predicted octanol–water partition coefficient (Wildman–Crippen LogP) is 2.58. The lowest BCUT2D eigenvalue weighted by Gasteiger charge is -2.22. The minimum Gasteiger partial charge on any atom is -0.462 e. The molecule has 2 rings (SSSR count). The van der Waals surface area contributed by atoms with Gasteiger partial charge in [0.15, 0.2) is 0 Å². The molecule has 0 aliphatic heterocycles. The number of nitriles is 1. The molecule has 2 saturated carbocycles. The van der Waals surface area contributed by atoms with Crippen LogP contribution in [-0.4, -0.2) is 12.6 Å². The van der Waals surface area contributed by atoms with E-state index in [0.717, 1.165) is 18.4 Å². The molecule has 86 valence electrons. The van der Waals surface area contributed by atoms with Crippen LogP contribution in [0.4, 0.5) is 0 Å². The third kappa shape index (κ3) is 2.11. The fourth-order valence-corrected chi connectivity index (χ4v) is 3.01. The van der Waals surface area contributed by atoms with Crippen molar-refractivity contribution < 1.29 is 9.53 Å². The zero-order valence-corrected chi connectivity index (χ0v) is 9.66. The fourth-order valence-electron chi connectivity index (χ4n) is 3.01. The summed E-state index contributed by atoms with van der Waals surface area (Å²) in [7, 11) is 0. The van der Waals surface area contributed by atoms with Gasteiger partial charge >= 0.3 is 5.97 Å². The molecule has 2 bridgehead atoms. The minimum absolute atomic E-state index is 0.276. The maximum absolute atomic E-state index is 11.6. The first-order valence-electron chi connectivity index (χ1n) is 6.03. The smallest absolute Gasteiger partial charge is 0.348 e. The largest absolute Gasteiger partial charge is 0.462 e. The average Bonchev–Trinajstić information content (AvgIpc) is 2.59. The van der Waals surface area contributed by atoms with Crippen LogP contribution in [0.5, 0.6) is 0 Å². The lowest BCUT2D eigenvalue weighted by Crippen LogP contribution is -2.15. The maximum atomic E-state index is 11.6. The van der Waals surface area contributed by atoms with Crippen molar-refractivity contribution in [3.05, 3.63) is 11.1 Å². The van der Waals surface area contributed by atoms with Gasteiger partial charge in [0.25, 0.3) is 0 Å². The third-order valence-electron chi connectivity index (χ3n) is 3.66. The Morgan fingerprint density at radius 1 is 1.44 bits per heavy atom. The molecule has 2 fully saturated rings. The zero-order chi connectivity index (χ0) is 11.5. The van der Waals surface area contributed by atoms with Gasteiger partial charge in [0.05, 0.1) is 6.61 Å². The lowest BCUT2D eigenvalue weighted by molar-refractivity contribution is -0.138. The van der Waals surface area contributed by atoms with E-state index in [-0.39, 0.29) is 5.57 Å². The third-order valence-corrected chi connectivity index (χ3v) is 3.66. The highest BCUT2D eigenvalue weighted by molar-refractivity contribution is 5.93. The summed E-state index contributed by atoms with van der Waals surface area (Å²) in [6.45, 7) is 2.10. The summed E-state index contributed by atoms with van der Waals surface area (Å²) in [5, 5.41) is 9.06. The molecule has 0 aromatic carbocycles. The first-order chi connectivity index (χ1) is 7.74. The van der Waals surface area contributed by atoms with Crippen molar-refractivity contribution in [3.63, 3.8) is 0 Å². The molecular formula is C13H17NO2. The van der Waals surface area contributed by atoms with Crippen molar-refractivity contribution in [1.29, 1.82) is 5.26 Å². The van der Waals surface area contributed by atoms with Crippen LogP contribution < -0.4 is 0 Å². The molecule has 3 heteroatoms. The van der Waals surface area contributed by atoms with E-state index >= 15 is 0 Å². The monoisotopic (exact) mass is 219 g/mol. The highest BCUT2D eigenvalue weighted by atomic mass is 16.5. The van der Waals surface area contributed by atoms with Crippen LogP contribution in [0.1, 0.15) is 39.0 Å². The number of hydrogen-bond donors (Lipinski definition) is 0. The normalized spacial score (nSPS) is 27.4. The lowest BCUT2D eigenvalue weighted by atomic mass is 9.83. The van der Waals surface area contributed by atoms with E-state index in [1.54, 1.807) is 6.92 Å². The number of allylic oxidation sites excluding steroid dienone is 1. The summed E-state index contributed by atoms with van der Waals surface area (Å²) in [6.07, 6.45) is 5.66. The highest BCUT2D eigenvalue weighted by Gasteiger charge is 2.33. The number of hydrogen-bond acceptors (Lipinski definition) is 3. The number of carbonyl (C=O) groups excluding carboxylic acids is 1. The van der Waals surface area contributed by atoms with Crippen LogP contribution in [0.3, 0.4) is 0 Å². The highest BCUT2D eigenvalue weighted by Crippen LogP contribution is 2.45. The number of nitrogens with zero attached hydrogens (tertiary/aromatic N) is 1.